The van der Waals surface area contributed by atoms with Crippen molar-refractivity contribution in [1.29, 1.82) is 0 Å². The molecule has 7 atom stereocenters. The molecule has 4 aliphatic rings. The van der Waals surface area contributed by atoms with Gasteiger partial charge in [0.2, 0.25) is 5.79 Å². The minimum absolute atomic E-state index is 0.150. The molecule has 23 heavy (non-hydrogen) atoms. The molecule has 6 heteroatoms. The van der Waals surface area contributed by atoms with Gasteiger partial charge in [-0.15, -0.1) is 0 Å². The van der Waals surface area contributed by atoms with Crippen molar-refractivity contribution in [2.45, 2.75) is 64.4 Å². The first kappa shape index (κ1) is 15.1. The summed E-state index contributed by atoms with van der Waals surface area (Å²) in [7, 11) is 0. The maximum absolute atomic E-state index is 12.6. The van der Waals surface area contributed by atoms with E-state index in [0.29, 0.717) is 12.8 Å². The highest BCUT2D eigenvalue weighted by Gasteiger charge is 2.91. The van der Waals surface area contributed by atoms with Gasteiger partial charge < -0.3 is 14.2 Å². The van der Waals surface area contributed by atoms with Crippen molar-refractivity contribution in [3.8, 4) is 0 Å². The van der Waals surface area contributed by atoms with Crippen molar-refractivity contribution in [1.82, 2.24) is 0 Å². The zero-order valence-corrected chi connectivity index (χ0v) is 13.9. The van der Waals surface area contributed by atoms with Crippen LogP contribution in [0.25, 0.3) is 0 Å². The molecule has 0 aromatic rings. The van der Waals surface area contributed by atoms with Gasteiger partial charge in [-0.25, -0.2) is 0 Å². The lowest BCUT2D eigenvalue weighted by molar-refractivity contribution is -0.185. The Labute approximate surface area is 134 Å². The molecular weight excluding hydrogens is 300 g/mol. The fourth-order valence-corrected chi connectivity index (χ4v) is 5.34. The van der Waals surface area contributed by atoms with Gasteiger partial charge in [-0.05, 0) is 19.3 Å². The van der Waals surface area contributed by atoms with Crippen LogP contribution < -0.4 is 0 Å². The van der Waals surface area contributed by atoms with E-state index in [-0.39, 0.29) is 23.6 Å². The van der Waals surface area contributed by atoms with E-state index in [2.05, 4.69) is 6.92 Å². The summed E-state index contributed by atoms with van der Waals surface area (Å²) >= 11 is 0. The van der Waals surface area contributed by atoms with Gasteiger partial charge in [0, 0.05) is 31.1 Å². The van der Waals surface area contributed by atoms with E-state index in [1.54, 1.807) is 6.92 Å². The van der Waals surface area contributed by atoms with Crippen LogP contribution in [-0.4, -0.2) is 35.2 Å². The summed E-state index contributed by atoms with van der Waals surface area (Å²) < 4.78 is 17.2. The van der Waals surface area contributed by atoms with Gasteiger partial charge in [-0.3, -0.25) is 14.4 Å². The molecule has 4 fully saturated rings. The number of hydrogen-bond donors (Lipinski definition) is 0. The zero-order chi connectivity index (χ0) is 16.8. The second kappa shape index (κ2) is 4.15. The van der Waals surface area contributed by atoms with Gasteiger partial charge in [0.1, 0.15) is 11.9 Å². The van der Waals surface area contributed by atoms with Crippen molar-refractivity contribution < 1.29 is 28.6 Å². The van der Waals surface area contributed by atoms with Crippen molar-refractivity contribution in [3.05, 3.63) is 0 Å². The molecule has 0 aromatic heterocycles. The third kappa shape index (κ3) is 1.51. The first-order valence-electron chi connectivity index (χ1n) is 8.32. The summed E-state index contributed by atoms with van der Waals surface area (Å²) in [5, 5.41) is 0. The second-order valence-electron chi connectivity index (χ2n) is 7.81. The Bertz CT molecular complexity index is 629. The Morgan fingerprint density at radius 1 is 1.30 bits per heavy atom. The number of esters is 2. The van der Waals surface area contributed by atoms with Crippen LogP contribution in [0.15, 0.2) is 0 Å². The van der Waals surface area contributed by atoms with Gasteiger partial charge in [0.05, 0.1) is 5.92 Å². The molecule has 126 valence electrons. The number of ether oxygens (including phenoxy) is 3. The highest BCUT2D eigenvalue weighted by Crippen LogP contribution is 2.73. The smallest absolute Gasteiger partial charge is 0.314 e. The summed E-state index contributed by atoms with van der Waals surface area (Å²) in [5.74, 6) is -2.33. The Balaban J connectivity index is 1.87. The van der Waals surface area contributed by atoms with E-state index in [1.165, 1.54) is 6.92 Å². The van der Waals surface area contributed by atoms with Crippen molar-refractivity contribution >= 4 is 17.7 Å². The molecule has 6 nitrogen and oxygen atoms in total. The Hall–Kier alpha value is -1.43. The predicted molar refractivity (Wildman–Crippen MR) is 77.0 cm³/mol. The molecule has 0 aromatic carbocycles. The average molecular weight is 322 g/mol. The molecule has 2 saturated heterocycles. The third-order valence-electron chi connectivity index (χ3n) is 6.89. The molecule has 0 radical (unpaired) electrons. The molecule has 0 amide bonds. The van der Waals surface area contributed by atoms with Crippen LogP contribution in [0.3, 0.4) is 0 Å². The summed E-state index contributed by atoms with van der Waals surface area (Å²) in [4.78, 5) is 36.5. The minimum atomic E-state index is -1.08. The maximum Gasteiger partial charge on any atom is 0.314 e. The fraction of sp³-hybridized carbons (Fsp3) is 0.824. The SMILES string of the molecule is CC(=O)OC1C2(C)C(C)CCC(=O)C2CC23OC(=O)C(C)C12O3. The zero-order valence-electron chi connectivity index (χ0n) is 13.9. The van der Waals surface area contributed by atoms with E-state index >= 15 is 0 Å². The average Bonchev–Trinajstić information content (AvgIpc) is 3.08. The van der Waals surface area contributed by atoms with Crippen LogP contribution >= 0.6 is 0 Å². The number of ketones is 1. The second-order valence-corrected chi connectivity index (χ2v) is 7.81. The number of carbonyl (C=O) groups excluding carboxylic acids is 3. The monoisotopic (exact) mass is 322 g/mol. The van der Waals surface area contributed by atoms with Crippen LogP contribution in [0.1, 0.15) is 47.0 Å². The number of rotatable bonds is 1. The first-order valence-corrected chi connectivity index (χ1v) is 8.32. The summed E-state index contributed by atoms with van der Waals surface area (Å²) in [6, 6.07) is 0. The van der Waals surface area contributed by atoms with Crippen LogP contribution in [-0.2, 0) is 28.6 Å². The Morgan fingerprint density at radius 2 is 2.00 bits per heavy atom. The molecule has 2 heterocycles. The van der Waals surface area contributed by atoms with E-state index in [9.17, 15) is 14.4 Å². The summed E-state index contributed by atoms with van der Waals surface area (Å²) in [5.41, 5.74) is -1.48. The first-order chi connectivity index (χ1) is 10.7. The topological polar surface area (TPSA) is 82.2 Å². The Kier molecular flexibility index (Phi) is 2.73. The fourth-order valence-electron chi connectivity index (χ4n) is 5.34. The van der Waals surface area contributed by atoms with Crippen LogP contribution in [0, 0.1) is 23.2 Å². The largest absolute Gasteiger partial charge is 0.459 e. The predicted octanol–water partition coefficient (Wildman–Crippen LogP) is 1.60. The number of carbonyl (C=O) groups is 3. The number of epoxide rings is 1. The van der Waals surface area contributed by atoms with Crippen LogP contribution in [0.4, 0.5) is 0 Å². The molecule has 7 unspecified atom stereocenters. The lowest BCUT2D eigenvalue weighted by Gasteiger charge is -2.53. The summed E-state index contributed by atoms with van der Waals surface area (Å²) in [6.07, 6.45) is 1.00. The molecule has 0 spiro atoms. The quantitative estimate of drug-likeness (QED) is 0.539. The van der Waals surface area contributed by atoms with Crippen molar-refractivity contribution in [3.63, 3.8) is 0 Å². The van der Waals surface area contributed by atoms with E-state index in [0.717, 1.165) is 6.42 Å². The molecular formula is C17H22O6. The van der Waals surface area contributed by atoms with Gasteiger partial charge >= 0.3 is 11.9 Å². The lowest BCUT2D eigenvalue weighted by Crippen LogP contribution is -2.63. The Morgan fingerprint density at radius 3 is 2.65 bits per heavy atom. The van der Waals surface area contributed by atoms with Crippen molar-refractivity contribution in [2.75, 3.05) is 0 Å². The molecule has 0 N–H and O–H groups in total. The highest BCUT2D eigenvalue weighted by molar-refractivity contribution is 5.86. The van der Waals surface area contributed by atoms with Crippen molar-refractivity contribution in [2.24, 2.45) is 23.2 Å². The standard InChI is InChI=1S/C17H22O6/c1-8-5-6-12(19)11-7-16-17(23-16,9(2)13(20)22-16)14(15(8,11)4)21-10(3)18/h8-9,11,14H,5-7H2,1-4H3. The number of hydrogen-bond acceptors (Lipinski definition) is 6. The number of fused-ring (bicyclic) bond motifs is 1. The molecule has 2 saturated carbocycles. The highest BCUT2D eigenvalue weighted by atomic mass is 16.8. The van der Waals surface area contributed by atoms with Crippen LogP contribution in [0.2, 0.25) is 0 Å². The minimum Gasteiger partial charge on any atom is -0.459 e. The number of Topliss-reactive ketones (excluding diaryl/α,β-unsaturated/α-hetero) is 1. The van der Waals surface area contributed by atoms with E-state index in [4.69, 9.17) is 14.2 Å². The van der Waals surface area contributed by atoms with Gasteiger partial charge in [0.15, 0.2) is 5.60 Å². The molecule has 0 bridgehead atoms. The van der Waals surface area contributed by atoms with E-state index in [1.807, 2.05) is 6.92 Å². The van der Waals surface area contributed by atoms with Gasteiger partial charge in [-0.1, -0.05) is 13.8 Å². The summed E-state index contributed by atoms with van der Waals surface area (Å²) in [6.45, 7) is 7.20. The normalized spacial score (nSPS) is 53.7. The van der Waals surface area contributed by atoms with E-state index < -0.39 is 34.8 Å². The van der Waals surface area contributed by atoms with Gasteiger partial charge in [-0.2, -0.15) is 0 Å². The van der Waals surface area contributed by atoms with Gasteiger partial charge in [0.25, 0.3) is 0 Å². The molecule has 2 aliphatic carbocycles. The molecule has 4 rings (SSSR count). The molecule has 2 aliphatic heterocycles. The third-order valence-corrected chi connectivity index (χ3v) is 6.89. The maximum atomic E-state index is 12.6. The van der Waals surface area contributed by atoms with Crippen LogP contribution in [0.5, 0.6) is 0 Å². The lowest BCUT2D eigenvalue weighted by atomic mass is 9.50.